The summed E-state index contributed by atoms with van der Waals surface area (Å²) < 4.78 is 13.7. The topological polar surface area (TPSA) is 40.5 Å². The predicted octanol–water partition coefficient (Wildman–Crippen LogP) is 6.02. The second-order valence-electron chi connectivity index (χ2n) is 8.81. The Bertz CT molecular complexity index is 835. The first-order valence-corrected chi connectivity index (χ1v) is 11.7. The van der Waals surface area contributed by atoms with E-state index in [2.05, 4.69) is 6.92 Å². The molecule has 0 atom stereocenters. The zero-order valence-corrected chi connectivity index (χ0v) is 17.8. The van der Waals surface area contributed by atoms with Crippen molar-refractivity contribution in [3.05, 3.63) is 41.5 Å². The Kier molecular flexibility index (Phi) is 6.35. The van der Waals surface area contributed by atoms with E-state index in [1.54, 1.807) is 23.5 Å². The van der Waals surface area contributed by atoms with Crippen LogP contribution >= 0.6 is 11.3 Å². The Morgan fingerprint density at radius 3 is 2.48 bits per heavy atom. The molecule has 1 aromatic heterocycles. The van der Waals surface area contributed by atoms with E-state index in [9.17, 15) is 14.3 Å². The molecule has 2 aliphatic carbocycles. The summed E-state index contributed by atoms with van der Waals surface area (Å²) in [6.45, 7) is 2.27. The number of carbonyl (C=O) groups excluding carboxylic acids is 1. The number of aliphatic hydroxyl groups excluding tert-OH is 1. The molecule has 156 valence electrons. The van der Waals surface area contributed by atoms with Gasteiger partial charge in [0.15, 0.2) is 0 Å². The second kappa shape index (κ2) is 8.97. The molecule has 29 heavy (non-hydrogen) atoms. The standard InChI is InChI=1S/C24H30FNO2S/c1-16-5-7-17(8-6-16)24(28)26(20-9-11-22(27)12-10-20)21-14-23(29-15-21)18-3-2-4-19(25)13-18/h2-4,13-17,20,22,27H,5-12H2,1H3. The third-order valence-corrected chi connectivity index (χ3v) is 7.57. The van der Waals surface area contributed by atoms with E-state index < -0.39 is 0 Å². The third kappa shape index (κ3) is 4.72. The molecule has 5 heteroatoms. The number of thiophene rings is 1. The second-order valence-corrected chi connectivity index (χ2v) is 9.72. The Balaban J connectivity index is 1.61. The van der Waals surface area contributed by atoms with E-state index >= 15 is 0 Å². The van der Waals surface area contributed by atoms with Crippen LogP contribution in [-0.4, -0.2) is 23.2 Å². The van der Waals surface area contributed by atoms with Gasteiger partial charge in [-0.3, -0.25) is 4.79 Å². The number of hydrogen-bond donors (Lipinski definition) is 1. The highest BCUT2D eigenvalue weighted by Gasteiger charge is 2.35. The van der Waals surface area contributed by atoms with E-state index in [1.165, 1.54) is 6.07 Å². The smallest absolute Gasteiger partial charge is 0.230 e. The number of benzene rings is 1. The van der Waals surface area contributed by atoms with Crippen molar-refractivity contribution in [2.24, 2.45) is 11.8 Å². The Morgan fingerprint density at radius 2 is 1.79 bits per heavy atom. The van der Waals surface area contributed by atoms with Crippen LogP contribution in [0.25, 0.3) is 10.4 Å². The van der Waals surface area contributed by atoms with Gasteiger partial charge in [-0.25, -0.2) is 4.39 Å². The van der Waals surface area contributed by atoms with Crippen molar-refractivity contribution in [3.63, 3.8) is 0 Å². The molecule has 2 fully saturated rings. The normalized spacial score (nSPS) is 27.6. The fraction of sp³-hybridized carbons (Fsp3) is 0.542. The van der Waals surface area contributed by atoms with Crippen molar-refractivity contribution in [3.8, 4) is 10.4 Å². The molecular weight excluding hydrogens is 385 g/mol. The van der Waals surface area contributed by atoms with Crippen LogP contribution < -0.4 is 4.90 Å². The minimum atomic E-state index is -0.247. The average molecular weight is 416 g/mol. The monoisotopic (exact) mass is 415 g/mol. The maximum atomic E-state index is 13.7. The minimum absolute atomic E-state index is 0.0931. The summed E-state index contributed by atoms with van der Waals surface area (Å²) in [6, 6.07) is 8.80. The SMILES string of the molecule is CC1CCC(C(=O)N(c2csc(-c3cccc(F)c3)c2)C2CCC(O)CC2)CC1. The van der Waals surface area contributed by atoms with Crippen LogP contribution in [0.2, 0.25) is 0 Å². The van der Waals surface area contributed by atoms with Crippen LogP contribution in [0.5, 0.6) is 0 Å². The zero-order chi connectivity index (χ0) is 20.4. The lowest BCUT2D eigenvalue weighted by atomic mass is 9.81. The summed E-state index contributed by atoms with van der Waals surface area (Å²) in [5.74, 6) is 0.790. The minimum Gasteiger partial charge on any atom is -0.393 e. The Labute approximate surface area is 176 Å². The molecule has 2 saturated carbocycles. The molecule has 2 aromatic rings. The lowest BCUT2D eigenvalue weighted by Gasteiger charge is -2.38. The molecular formula is C24H30FNO2S. The summed E-state index contributed by atoms with van der Waals surface area (Å²) in [4.78, 5) is 16.6. The van der Waals surface area contributed by atoms with Gasteiger partial charge >= 0.3 is 0 Å². The maximum Gasteiger partial charge on any atom is 0.230 e. The molecule has 0 unspecified atom stereocenters. The molecule has 0 aliphatic heterocycles. The average Bonchev–Trinajstić information content (AvgIpc) is 3.20. The highest BCUT2D eigenvalue weighted by molar-refractivity contribution is 7.14. The highest BCUT2D eigenvalue weighted by Crippen LogP contribution is 2.38. The first kappa shape index (κ1) is 20.5. The van der Waals surface area contributed by atoms with E-state index in [-0.39, 0.29) is 29.8 Å². The molecule has 3 nitrogen and oxygen atoms in total. The number of nitrogens with zero attached hydrogens (tertiary/aromatic N) is 1. The lowest BCUT2D eigenvalue weighted by Crippen LogP contribution is -2.46. The van der Waals surface area contributed by atoms with Crippen LogP contribution in [0, 0.1) is 17.7 Å². The largest absolute Gasteiger partial charge is 0.393 e. The highest BCUT2D eigenvalue weighted by atomic mass is 32.1. The number of aliphatic hydroxyl groups is 1. The molecule has 0 radical (unpaired) electrons. The lowest BCUT2D eigenvalue weighted by molar-refractivity contribution is -0.124. The van der Waals surface area contributed by atoms with Gasteiger partial charge in [-0.2, -0.15) is 0 Å². The predicted molar refractivity (Wildman–Crippen MR) is 117 cm³/mol. The maximum absolute atomic E-state index is 13.7. The summed E-state index contributed by atoms with van der Waals surface area (Å²) in [5.41, 5.74) is 1.78. The van der Waals surface area contributed by atoms with Crippen molar-refractivity contribution >= 4 is 22.9 Å². The Hall–Kier alpha value is -1.72. The van der Waals surface area contributed by atoms with Gasteiger partial charge in [0, 0.05) is 22.2 Å². The van der Waals surface area contributed by atoms with E-state index in [0.717, 1.165) is 67.5 Å². The summed E-state index contributed by atoms with van der Waals surface area (Å²) in [5, 5.41) is 12.0. The van der Waals surface area contributed by atoms with E-state index in [1.807, 2.05) is 22.4 Å². The molecule has 4 rings (SSSR count). The summed E-state index contributed by atoms with van der Waals surface area (Å²) in [6.07, 6.45) is 7.08. The van der Waals surface area contributed by atoms with Crippen molar-refractivity contribution in [2.75, 3.05) is 4.90 Å². The molecule has 1 amide bonds. The fourth-order valence-electron chi connectivity index (χ4n) is 4.78. The van der Waals surface area contributed by atoms with Gasteiger partial charge in [0.1, 0.15) is 5.82 Å². The van der Waals surface area contributed by atoms with Crippen molar-refractivity contribution in [1.29, 1.82) is 0 Å². The van der Waals surface area contributed by atoms with E-state index in [4.69, 9.17) is 0 Å². The number of hydrogen-bond acceptors (Lipinski definition) is 3. The first-order valence-electron chi connectivity index (χ1n) is 10.9. The van der Waals surface area contributed by atoms with Gasteiger partial charge in [-0.05, 0) is 81.0 Å². The van der Waals surface area contributed by atoms with Crippen LogP contribution in [-0.2, 0) is 4.79 Å². The van der Waals surface area contributed by atoms with Gasteiger partial charge in [0.25, 0.3) is 0 Å². The molecule has 0 spiro atoms. The molecule has 1 N–H and O–H groups in total. The number of halogens is 1. The van der Waals surface area contributed by atoms with Gasteiger partial charge < -0.3 is 10.0 Å². The third-order valence-electron chi connectivity index (χ3n) is 6.61. The number of rotatable bonds is 4. The number of anilines is 1. The molecule has 1 heterocycles. The summed E-state index contributed by atoms with van der Waals surface area (Å²) >= 11 is 1.56. The quantitative estimate of drug-likeness (QED) is 0.664. The van der Waals surface area contributed by atoms with Gasteiger partial charge in [-0.15, -0.1) is 11.3 Å². The van der Waals surface area contributed by atoms with Crippen LogP contribution in [0.1, 0.15) is 58.3 Å². The van der Waals surface area contributed by atoms with Crippen LogP contribution in [0.15, 0.2) is 35.7 Å². The van der Waals surface area contributed by atoms with Crippen molar-refractivity contribution < 1.29 is 14.3 Å². The fourth-order valence-corrected chi connectivity index (χ4v) is 5.66. The zero-order valence-electron chi connectivity index (χ0n) is 17.0. The first-order chi connectivity index (χ1) is 14.0. The molecule has 2 aliphatic rings. The van der Waals surface area contributed by atoms with E-state index in [0.29, 0.717) is 5.92 Å². The number of carbonyl (C=O) groups is 1. The van der Waals surface area contributed by atoms with Crippen molar-refractivity contribution in [2.45, 2.75) is 70.4 Å². The van der Waals surface area contributed by atoms with Crippen molar-refractivity contribution in [1.82, 2.24) is 0 Å². The Morgan fingerprint density at radius 1 is 1.07 bits per heavy atom. The van der Waals surface area contributed by atoms with Gasteiger partial charge in [0.2, 0.25) is 5.91 Å². The molecule has 0 saturated heterocycles. The van der Waals surface area contributed by atoms with Gasteiger partial charge in [-0.1, -0.05) is 19.1 Å². The van der Waals surface area contributed by atoms with Crippen LogP contribution in [0.3, 0.4) is 0 Å². The van der Waals surface area contributed by atoms with Crippen LogP contribution in [0.4, 0.5) is 10.1 Å². The number of amides is 1. The molecule has 1 aromatic carbocycles. The molecule has 0 bridgehead atoms. The summed E-state index contributed by atoms with van der Waals surface area (Å²) in [7, 11) is 0. The van der Waals surface area contributed by atoms with Gasteiger partial charge in [0.05, 0.1) is 11.8 Å².